The van der Waals surface area contributed by atoms with Crippen LogP contribution in [0.15, 0.2) is 40.9 Å². The summed E-state index contributed by atoms with van der Waals surface area (Å²) in [7, 11) is 1.54. The molecule has 1 N–H and O–H groups in total. The lowest BCUT2D eigenvalue weighted by Crippen LogP contribution is -2.31. The second-order valence-electron chi connectivity index (χ2n) is 7.15. The summed E-state index contributed by atoms with van der Waals surface area (Å²) in [5.74, 6) is -2.10. The number of ether oxygens (including phenoxy) is 2. The van der Waals surface area contributed by atoms with Gasteiger partial charge < -0.3 is 14.8 Å². The molecule has 168 valence electrons. The third-order valence-electron chi connectivity index (χ3n) is 4.99. The predicted octanol–water partition coefficient (Wildman–Crippen LogP) is 3.44. The summed E-state index contributed by atoms with van der Waals surface area (Å²) < 4.78 is 11.0. The lowest BCUT2D eigenvalue weighted by molar-refractivity contribution is -0.119. The molecule has 8 nitrogen and oxygen atoms in total. The van der Waals surface area contributed by atoms with Crippen LogP contribution in [0.5, 0.6) is 0 Å². The van der Waals surface area contributed by atoms with E-state index in [1.165, 1.54) is 18.2 Å². The first-order valence-electron chi connectivity index (χ1n) is 10.1. The predicted molar refractivity (Wildman–Crippen MR) is 121 cm³/mol. The number of halogens is 1. The Balaban J connectivity index is 1.62. The minimum atomic E-state index is -0.757. The first kappa shape index (κ1) is 23.6. The number of methoxy groups -OCH3 is 1. The maximum atomic E-state index is 12.6. The number of carbonyl (C=O) groups excluding carboxylic acids is 4. The van der Waals surface area contributed by atoms with E-state index in [-0.39, 0.29) is 23.2 Å². The number of nitrogens with one attached hydrogen (secondary N) is 1. The zero-order valence-electron chi connectivity index (χ0n) is 17.8. The van der Waals surface area contributed by atoms with Crippen molar-refractivity contribution in [2.45, 2.75) is 19.8 Å². The number of fused-ring (bicyclic) bond motifs is 1. The molecule has 1 aliphatic heterocycles. The minimum Gasteiger partial charge on any atom is -0.452 e. The third-order valence-corrected chi connectivity index (χ3v) is 5.49. The van der Waals surface area contributed by atoms with E-state index in [1.807, 2.05) is 19.1 Å². The standard InChI is InChI=1S/C23H23BrN2O6/c1-3-14-11-16(24)6-8-19(14)25-20(27)13-32-23(30)15-5-7-17-18(12-15)22(29)26(21(17)28)9-4-10-31-2/h5-8,11-12H,3-4,9-10,13H2,1-2H3,(H,25,27). The zero-order valence-corrected chi connectivity index (χ0v) is 19.4. The quantitative estimate of drug-likeness (QED) is 0.320. The fraction of sp³-hybridized carbons (Fsp3) is 0.304. The summed E-state index contributed by atoms with van der Waals surface area (Å²) in [6.45, 7) is 2.14. The number of nitrogens with zero attached hydrogens (tertiary/aromatic N) is 1. The van der Waals surface area contributed by atoms with Gasteiger partial charge in [0.25, 0.3) is 17.7 Å². The van der Waals surface area contributed by atoms with Crippen molar-refractivity contribution in [1.29, 1.82) is 0 Å². The van der Waals surface area contributed by atoms with E-state index in [9.17, 15) is 19.2 Å². The number of anilines is 1. The highest BCUT2D eigenvalue weighted by atomic mass is 79.9. The van der Waals surface area contributed by atoms with Crippen molar-refractivity contribution in [3.63, 3.8) is 0 Å². The number of imide groups is 1. The van der Waals surface area contributed by atoms with Crippen molar-refractivity contribution in [2.75, 3.05) is 32.2 Å². The average molecular weight is 503 g/mol. The molecule has 0 unspecified atom stereocenters. The highest BCUT2D eigenvalue weighted by Crippen LogP contribution is 2.25. The van der Waals surface area contributed by atoms with Gasteiger partial charge in [-0.1, -0.05) is 22.9 Å². The second kappa shape index (κ2) is 10.5. The lowest BCUT2D eigenvalue weighted by atomic mass is 10.1. The van der Waals surface area contributed by atoms with Crippen LogP contribution in [0.4, 0.5) is 5.69 Å². The van der Waals surface area contributed by atoms with Crippen LogP contribution in [0, 0.1) is 0 Å². The Morgan fingerprint density at radius 1 is 1.06 bits per heavy atom. The average Bonchev–Trinajstić information content (AvgIpc) is 3.03. The smallest absolute Gasteiger partial charge is 0.338 e. The topological polar surface area (TPSA) is 102 Å². The van der Waals surface area contributed by atoms with Gasteiger partial charge in [-0.25, -0.2) is 4.79 Å². The van der Waals surface area contributed by atoms with Gasteiger partial charge in [0, 0.05) is 30.4 Å². The first-order valence-corrected chi connectivity index (χ1v) is 10.9. The zero-order chi connectivity index (χ0) is 23.3. The number of hydrogen-bond acceptors (Lipinski definition) is 6. The molecule has 1 heterocycles. The normalized spacial score (nSPS) is 12.7. The van der Waals surface area contributed by atoms with Gasteiger partial charge in [-0.2, -0.15) is 0 Å². The molecule has 1 aliphatic rings. The van der Waals surface area contributed by atoms with E-state index < -0.39 is 30.3 Å². The molecule has 3 amide bonds. The molecule has 0 spiro atoms. The van der Waals surface area contributed by atoms with Crippen LogP contribution >= 0.6 is 15.9 Å². The van der Waals surface area contributed by atoms with Crippen LogP contribution in [0.3, 0.4) is 0 Å². The van der Waals surface area contributed by atoms with Crippen molar-refractivity contribution in [1.82, 2.24) is 4.90 Å². The fourth-order valence-corrected chi connectivity index (χ4v) is 3.77. The second-order valence-corrected chi connectivity index (χ2v) is 8.06. The number of aryl methyl sites for hydroxylation is 1. The Morgan fingerprint density at radius 3 is 2.53 bits per heavy atom. The molecule has 0 saturated heterocycles. The maximum Gasteiger partial charge on any atom is 0.338 e. The monoisotopic (exact) mass is 502 g/mol. The van der Waals surface area contributed by atoms with Gasteiger partial charge in [0.05, 0.1) is 16.7 Å². The van der Waals surface area contributed by atoms with E-state index in [2.05, 4.69) is 21.2 Å². The Bertz CT molecular complexity index is 1070. The molecule has 32 heavy (non-hydrogen) atoms. The molecule has 0 aliphatic carbocycles. The molecule has 0 aromatic heterocycles. The van der Waals surface area contributed by atoms with Gasteiger partial charge in [-0.3, -0.25) is 19.3 Å². The summed E-state index contributed by atoms with van der Waals surface area (Å²) >= 11 is 3.39. The van der Waals surface area contributed by atoms with Gasteiger partial charge in [0.2, 0.25) is 0 Å². The number of benzene rings is 2. The number of hydrogen-bond donors (Lipinski definition) is 1. The van der Waals surface area contributed by atoms with Gasteiger partial charge in [-0.05, 0) is 54.8 Å². The summed E-state index contributed by atoms with van der Waals surface area (Å²) in [5, 5.41) is 2.73. The van der Waals surface area contributed by atoms with Gasteiger partial charge in [0.1, 0.15) is 0 Å². The highest BCUT2D eigenvalue weighted by molar-refractivity contribution is 9.10. The molecular formula is C23H23BrN2O6. The Morgan fingerprint density at radius 2 is 1.81 bits per heavy atom. The molecule has 3 rings (SSSR count). The Labute approximate surface area is 194 Å². The van der Waals surface area contributed by atoms with Crippen LogP contribution in [0.25, 0.3) is 0 Å². The summed E-state index contributed by atoms with van der Waals surface area (Å²) in [6, 6.07) is 9.65. The van der Waals surface area contributed by atoms with E-state index in [0.717, 1.165) is 21.4 Å². The summed E-state index contributed by atoms with van der Waals surface area (Å²) in [6.07, 6.45) is 1.24. The van der Waals surface area contributed by atoms with E-state index in [0.29, 0.717) is 18.7 Å². The number of esters is 1. The van der Waals surface area contributed by atoms with Crippen molar-refractivity contribution in [2.24, 2.45) is 0 Å². The molecule has 0 radical (unpaired) electrons. The minimum absolute atomic E-state index is 0.0920. The molecular weight excluding hydrogens is 480 g/mol. The van der Waals surface area contributed by atoms with Gasteiger partial charge in [-0.15, -0.1) is 0 Å². The Hall–Kier alpha value is -3.04. The first-order chi connectivity index (χ1) is 15.3. The van der Waals surface area contributed by atoms with Crippen LogP contribution in [0.1, 0.15) is 50.0 Å². The number of carbonyl (C=O) groups is 4. The van der Waals surface area contributed by atoms with Crippen LogP contribution in [0.2, 0.25) is 0 Å². The van der Waals surface area contributed by atoms with Crippen LogP contribution < -0.4 is 5.32 Å². The van der Waals surface area contributed by atoms with Gasteiger partial charge >= 0.3 is 5.97 Å². The molecule has 0 bridgehead atoms. The van der Waals surface area contributed by atoms with E-state index >= 15 is 0 Å². The summed E-state index contributed by atoms with van der Waals surface area (Å²) in [4.78, 5) is 50.8. The van der Waals surface area contributed by atoms with Crippen LogP contribution in [-0.2, 0) is 20.7 Å². The molecule has 0 saturated carbocycles. The molecule has 2 aromatic carbocycles. The molecule has 2 aromatic rings. The Kier molecular flexibility index (Phi) is 7.76. The van der Waals surface area contributed by atoms with Gasteiger partial charge in [0.15, 0.2) is 6.61 Å². The number of amides is 3. The third kappa shape index (κ3) is 5.23. The van der Waals surface area contributed by atoms with Crippen molar-refractivity contribution in [3.8, 4) is 0 Å². The lowest BCUT2D eigenvalue weighted by Gasteiger charge is -2.12. The molecule has 9 heteroatoms. The summed E-state index contributed by atoms with van der Waals surface area (Å²) in [5.41, 5.74) is 2.06. The maximum absolute atomic E-state index is 12.6. The fourth-order valence-electron chi connectivity index (χ4n) is 3.37. The van der Waals surface area contributed by atoms with Crippen molar-refractivity contribution in [3.05, 3.63) is 63.1 Å². The van der Waals surface area contributed by atoms with E-state index in [1.54, 1.807) is 13.2 Å². The number of rotatable bonds is 9. The largest absolute Gasteiger partial charge is 0.452 e. The highest BCUT2D eigenvalue weighted by Gasteiger charge is 2.35. The molecule has 0 fully saturated rings. The van der Waals surface area contributed by atoms with E-state index in [4.69, 9.17) is 9.47 Å². The van der Waals surface area contributed by atoms with Crippen LogP contribution in [-0.4, -0.2) is 55.5 Å². The van der Waals surface area contributed by atoms with Crippen molar-refractivity contribution < 1.29 is 28.7 Å². The molecule has 0 atom stereocenters. The SMILES string of the molecule is CCc1cc(Br)ccc1NC(=O)COC(=O)c1ccc2c(c1)C(=O)N(CCCOC)C2=O. The van der Waals surface area contributed by atoms with Crippen molar-refractivity contribution >= 4 is 45.3 Å².